The highest BCUT2D eigenvalue weighted by Gasteiger charge is 2.44. The Hall–Kier alpha value is -2.31. The van der Waals surface area contributed by atoms with Crippen LogP contribution in [-0.4, -0.2) is 87.7 Å². The number of nitrogens with one attached hydrogen (secondary N) is 2. The Balaban J connectivity index is 1.61. The molecule has 3 aliphatic rings. The van der Waals surface area contributed by atoms with Gasteiger partial charge in [0.2, 0.25) is 21.9 Å². The van der Waals surface area contributed by atoms with Gasteiger partial charge in [-0.15, -0.1) is 0 Å². The minimum Gasteiger partial charge on any atom is -0.493 e. The molecule has 36 heavy (non-hydrogen) atoms. The molecule has 3 aliphatic heterocycles. The van der Waals surface area contributed by atoms with E-state index in [1.165, 1.54) is 0 Å². The number of hydrogen-bond acceptors (Lipinski definition) is 8. The predicted molar refractivity (Wildman–Crippen MR) is 140 cm³/mol. The molecule has 0 spiro atoms. The summed E-state index contributed by atoms with van der Waals surface area (Å²) in [6.45, 7) is 5.91. The lowest BCUT2D eigenvalue weighted by molar-refractivity contribution is -0.860. The molecule has 1 fully saturated rings. The van der Waals surface area contributed by atoms with E-state index in [1.807, 2.05) is 27.9 Å². The van der Waals surface area contributed by atoms with Crippen LogP contribution in [0.15, 0.2) is 44.6 Å². The first-order valence-electron chi connectivity index (χ1n) is 12.8. The smallest absolute Gasteiger partial charge is 0.240 e. The minimum absolute atomic E-state index is 0.131. The highest BCUT2D eigenvalue weighted by atomic mass is 32.2. The summed E-state index contributed by atoms with van der Waals surface area (Å²) < 4.78 is 35.2. The zero-order valence-corrected chi connectivity index (χ0v) is 22.7. The molecule has 3 heterocycles. The molecular weight excluding hydrogens is 480 g/mol. The van der Waals surface area contributed by atoms with Crippen LogP contribution >= 0.6 is 0 Å². The second-order valence-corrected chi connectivity index (χ2v) is 11.8. The molecule has 4 rings (SSSR count). The van der Waals surface area contributed by atoms with Crippen molar-refractivity contribution in [1.29, 1.82) is 0 Å². The van der Waals surface area contributed by atoms with Crippen molar-refractivity contribution in [2.45, 2.75) is 63.1 Å². The number of sulfonamides is 1. The van der Waals surface area contributed by atoms with Gasteiger partial charge in [0.15, 0.2) is 0 Å². The largest absolute Gasteiger partial charge is 0.493 e. The van der Waals surface area contributed by atoms with Crippen molar-refractivity contribution in [2.75, 3.05) is 40.8 Å². The van der Waals surface area contributed by atoms with Gasteiger partial charge in [-0.3, -0.25) is 0 Å². The second-order valence-electron chi connectivity index (χ2n) is 10.0. The van der Waals surface area contributed by atoms with E-state index < -0.39 is 16.3 Å². The number of rotatable bonds is 10. The fraction of sp³-hybridized carbons (Fsp3) is 0.600. The lowest BCUT2D eigenvalue weighted by Crippen LogP contribution is -2.42. The molecule has 1 aromatic carbocycles. The number of benzene rings is 1. The third-order valence-corrected chi connectivity index (χ3v) is 8.46. The third-order valence-electron chi connectivity index (χ3n) is 7.00. The fourth-order valence-electron chi connectivity index (χ4n) is 5.08. The Bertz CT molecular complexity index is 1190. The average Bonchev–Trinajstić information content (AvgIpc) is 3.36. The molecule has 2 atom stereocenters. The molecule has 0 radical (unpaired) electrons. The molecule has 0 aliphatic carbocycles. The number of likely N-dealkylation sites (N-methyl/N-ethyl adjacent to an activating group) is 1. The molecule has 11 heteroatoms. The molecule has 1 saturated heterocycles. The fourth-order valence-corrected chi connectivity index (χ4v) is 6.15. The van der Waals surface area contributed by atoms with E-state index in [-0.39, 0.29) is 9.49 Å². The van der Waals surface area contributed by atoms with Crippen molar-refractivity contribution < 1.29 is 22.9 Å². The van der Waals surface area contributed by atoms with Gasteiger partial charge in [-0.25, -0.2) is 18.1 Å². The standard InChI is InChI=1S/C25H39N6O4S/c1-6-15-35-21-11-10-18(36(33,34)26-13-12-17-9-8-14-30(17)3)16-19(21)24-27-22-20(7-2)29-31(4,5)23(22)25(32)28-24/h10-11,16-17,25-26,32H,6-9,12-15H2,1-5H3,(H,27,28)/q+1. The Morgan fingerprint density at radius 2 is 2.08 bits per heavy atom. The number of amidine groups is 1. The normalized spacial score (nSPS) is 23.8. The summed E-state index contributed by atoms with van der Waals surface area (Å²) in [6, 6.07) is 5.18. The van der Waals surface area contributed by atoms with Crippen LogP contribution in [0.4, 0.5) is 0 Å². The molecule has 0 bridgehead atoms. The highest BCUT2D eigenvalue weighted by molar-refractivity contribution is 7.89. The van der Waals surface area contributed by atoms with E-state index in [0.717, 1.165) is 43.6 Å². The number of nitrogens with zero attached hydrogens (tertiary/aromatic N) is 4. The Morgan fingerprint density at radius 1 is 1.31 bits per heavy atom. The van der Waals surface area contributed by atoms with Crippen LogP contribution in [0.25, 0.3) is 0 Å². The van der Waals surface area contributed by atoms with Gasteiger partial charge in [0.25, 0.3) is 0 Å². The zero-order valence-electron chi connectivity index (χ0n) is 21.9. The highest BCUT2D eigenvalue weighted by Crippen LogP contribution is 2.33. The quantitative estimate of drug-likeness (QED) is 0.407. The van der Waals surface area contributed by atoms with Gasteiger partial charge in [0, 0.05) is 12.6 Å². The zero-order chi connectivity index (χ0) is 26.1. The minimum atomic E-state index is -3.74. The molecule has 0 aromatic heterocycles. The molecule has 2 unspecified atom stereocenters. The molecular formula is C25H39N6O4S+. The van der Waals surface area contributed by atoms with E-state index in [2.05, 4.69) is 27.0 Å². The predicted octanol–water partition coefficient (Wildman–Crippen LogP) is 1.97. The van der Waals surface area contributed by atoms with Crippen LogP contribution in [-0.2, 0) is 10.0 Å². The van der Waals surface area contributed by atoms with Crippen LogP contribution < -0.4 is 14.8 Å². The second kappa shape index (κ2) is 10.6. The third kappa shape index (κ3) is 5.35. The number of quaternary nitrogens is 1. The van der Waals surface area contributed by atoms with E-state index >= 15 is 0 Å². The molecule has 10 nitrogen and oxygen atoms in total. The average molecular weight is 520 g/mol. The maximum Gasteiger partial charge on any atom is 0.240 e. The van der Waals surface area contributed by atoms with Gasteiger partial charge in [-0.2, -0.15) is 4.59 Å². The van der Waals surface area contributed by atoms with Crippen LogP contribution in [0, 0.1) is 0 Å². The van der Waals surface area contributed by atoms with Gasteiger partial charge >= 0.3 is 0 Å². The monoisotopic (exact) mass is 519 g/mol. The maximum absolute atomic E-state index is 13.2. The number of aliphatic hydroxyl groups excluding tert-OH is 1. The van der Waals surface area contributed by atoms with E-state index in [9.17, 15) is 13.5 Å². The number of ether oxygens (including phenoxy) is 1. The number of hydrogen-bond donors (Lipinski definition) is 3. The van der Waals surface area contributed by atoms with Crippen molar-refractivity contribution in [3.8, 4) is 5.75 Å². The number of aliphatic hydroxyl groups is 1. The van der Waals surface area contributed by atoms with Crippen LogP contribution in [0.5, 0.6) is 5.75 Å². The van der Waals surface area contributed by atoms with E-state index in [1.54, 1.807) is 18.2 Å². The Morgan fingerprint density at radius 3 is 2.75 bits per heavy atom. The first kappa shape index (κ1) is 26.7. The Labute approximate surface area is 214 Å². The van der Waals surface area contributed by atoms with Crippen molar-refractivity contribution in [3.05, 3.63) is 35.2 Å². The number of aliphatic imine (C=N–C) groups is 1. The summed E-state index contributed by atoms with van der Waals surface area (Å²) in [4.78, 5) is 6.90. The first-order chi connectivity index (χ1) is 17.1. The maximum atomic E-state index is 13.2. The van der Waals surface area contributed by atoms with Crippen LogP contribution in [0.2, 0.25) is 0 Å². The van der Waals surface area contributed by atoms with Gasteiger partial charge in [0.05, 0.1) is 31.2 Å². The van der Waals surface area contributed by atoms with Gasteiger partial charge in [-0.1, -0.05) is 18.9 Å². The van der Waals surface area contributed by atoms with Gasteiger partial charge in [-0.05, 0) is 63.9 Å². The van der Waals surface area contributed by atoms with Crippen molar-refractivity contribution in [3.63, 3.8) is 0 Å². The summed E-state index contributed by atoms with van der Waals surface area (Å²) in [5.41, 5.74) is 2.71. The SMILES string of the molecule is CCCOc1ccc(S(=O)(=O)NCCC2CCCN2C)cc1C1=NC(O)C2=C(N1)C(CC)=N[N+]2(C)C. The summed E-state index contributed by atoms with van der Waals surface area (Å²) in [6.07, 6.45) is 3.38. The first-order valence-corrected chi connectivity index (χ1v) is 14.2. The molecule has 0 amide bonds. The van der Waals surface area contributed by atoms with Crippen molar-refractivity contribution in [2.24, 2.45) is 10.1 Å². The lowest BCUT2D eigenvalue weighted by Gasteiger charge is -2.27. The molecule has 1 aromatic rings. The van der Waals surface area contributed by atoms with Crippen molar-refractivity contribution in [1.82, 2.24) is 14.9 Å². The van der Waals surface area contributed by atoms with Crippen LogP contribution in [0.1, 0.15) is 51.5 Å². The van der Waals surface area contributed by atoms with Crippen molar-refractivity contribution >= 4 is 21.6 Å². The van der Waals surface area contributed by atoms with Gasteiger partial charge in [0.1, 0.15) is 23.0 Å². The Kier molecular flexibility index (Phi) is 7.86. The molecule has 3 N–H and O–H groups in total. The van der Waals surface area contributed by atoms with Gasteiger partial charge < -0.3 is 20.1 Å². The number of allylic oxidation sites excluding steroid dienone is 1. The lowest BCUT2D eigenvalue weighted by atomic mass is 10.1. The topological polar surface area (TPSA) is 116 Å². The van der Waals surface area contributed by atoms with E-state index in [4.69, 9.17) is 9.84 Å². The summed E-state index contributed by atoms with van der Waals surface area (Å²) in [5, 5.41) is 19.0. The summed E-state index contributed by atoms with van der Waals surface area (Å²) >= 11 is 0. The molecule has 198 valence electrons. The molecule has 0 saturated carbocycles. The number of likely N-dealkylation sites (tertiary alicyclic amines) is 1. The van der Waals surface area contributed by atoms with Crippen LogP contribution in [0.3, 0.4) is 0 Å². The van der Waals surface area contributed by atoms with E-state index in [0.29, 0.717) is 48.5 Å². The summed E-state index contributed by atoms with van der Waals surface area (Å²) in [7, 11) is 2.12. The summed E-state index contributed by atoms with van der Waals surface area (Å²) in [5.74, 6) is 0.868.